The molecule has 3 N–H and O–H groups in total. The molecule has 0 spiro atoms. The van der Waals surface area contributed by atoms with Gasteiger partial charge in [-0.05, 0) is 59.2 Å². The third-order valence-electron chi connectivity index (χ3n) is 3.95. The summed E-state index contributed by atoms with van der Waals surface area (Å²) in [5, 5.41) is 14.4. The number of carbonyl (C=O) groups is 2. The molecule has 1 fully saturated rings. The molecule has 0 aliphatic carbocycles. The van der Waals surface area contributed by atoms with Gasteiger partial charge in [0.15, 0.2) is 0 Å². The van der Waals surface area contributed by atoms with Gasteiger partial charge in [0.1, 0.15) is 0 Å². The van der Waals surface area contributed by atoms with Gasteiger partial charge >= 0.3 is 12.0 Å². The number of piperidine rings is 1. The largest absolute Gasteiger partial charge is 0.481 e. The Morgan fingerprint density at radius 1 is 1.25 bits per heavy atom. The summed E-state index contributed by atoms with van der Waals surface area (Å²) in [6.07, 6.45) is 3.36. The van der Waals surface area contributed by atoms with E-state index in [1.54, 1.807) is 13.8 Å². The van der Waals surface area contributed by atoms with Gasteiger partial charge in [-0.25, -0.2) is 4.79 Å². The van der Waals surface area contributed by atoms with Crippen molar-refractivity contribution in [2.24, 2.45) is 11.3 Å². The molecule has 1 rings (SSSR count). The number of nitrogens with one attached hydrogen (secondary N) is 2. The lowest BCUT2D eigenvalue weighted by atomic mass is 9.94. The van der Waals surface area contributed by atoms with Crippen molar-refractivity contribution in [1.82, 2.24) is 15.5 Å². The Kier molecular flexibility index (Phi) is 6.26. The molecule has 0 aromatic rings. The summed E-state index contributed by atoms with van der Waals surface area (Å²) in [7, 11) is 2.13. The predicted molar refractivity (Wildman–Crippen MR) is 77.7 cm³/mol. The van der Waals surface area contributed by atoms with E-state index >= 15 is 0 Å². The van der Waals surface area contributed by atoms with Crippen molar-refractivity contribution >= 4 is 12.0 Å². The van der Waals surface area contributed by atoms with E-state index in [0.29, 0.717) is 12.5 Å². The van der Waals surface area contributed by atoms with Gasteiger partial charge in [0.2, 0.25) is 0 Å². The van der Waals surface area contributed by atoms with Crippen molar-refractivity contribution in [3.63, 3.8) is 0 Å². The maximum absolute atomic E-state index is 11.6. The Morgan fingerprint density at radius 3 is 2.40 bits per heavy atom. The van der Waals surface area contributed by atoms with Gasteiger partial charge in [-0.2, -0.15) is 0 Å². The fourth-order valence-corrected chi connectivity index (χ4v) is 2.18. The van der Waals surface area contributed by atoms with Crippen molar-refractivity contribution < 1.29 is 14.7 Å². The molecule has 1 heterocycles. The van der Waals surface area contributed by atoms with E-state index in [4.69, 9.17) is 5.11 Å². The minimum absolute atomic E-state index is 0.127. The van der Waals surface area contributed by atoms with Crippen LogP contribution in [0.2, 0.25) is 0 Å². The molecule has 1 saturated heterocycles. The zero-order valence-corrected chi connectivity index (χ0v) is 12.7. The van der Waals surface area contributed by atoms with Crippen LogP contribution in [0.15, 0.2) is 0 Å². The Bertz CT molecular complexity index is 337. The highest BCUT2D eigenvalue weighted by molar-refractivity contribution is 5.77. The minimum Gasteiger partial charge on any atom is -0.481 e. The first-order valence-corrected chi connectivity index (χ1v) is 7.25. The topological polar surface area (TPSA) is 81.7 Å². The van der Waals surface area contributed by atoms with Gasteiger partial charge in [-0.3, -0.25) is 4.79 Å². The molecule has 0 radical (unpaired) electrons. The first kappa shape index (κ1) is 16.8. The van der Waals surface area contributed by atoms with Gasteiger partial charge in [-0.15, -0.1) is 0 Å². The minimum atomic E-state index is -0.939. The molecule has 1 aliphatic rings. The van der Waals surface area contributed by atoms with E-state index < -0.39 is 11.4 Å². The lowest BCUT2D eigenvalue weighted by Crippen LogP contribution is -2.44. The van der Waals surface area contributed by atoms with Crippen LogP contribution in [0.1, 0.15) is 33.1 Å². The van der Waals surface area contributed by atoms with Crippen molar-refractivity contribution in [3.8, 4) is 0 Å². The summed E-state index contributed by atoms with van der Waals surface area (Å²) in [6.45, 7) is 6.21. The number of likely N-dealkylation sites (tertiary alicyclic amines) is 1. The lowest BCUT2D eigenvalue weighted by molar-refractivity contribution is -0.146. The highest BCUT2D eigenvalue weighted by Gasteiger charge is 2.27. The maximum Gasteiger partial charge on any atom is 0.314 e. The summed E-state index contributed by atoms with van der Waals surface area (Å²) >= 11 is 0. The van der Waals surface area contributed by atoms with Crippen LogP contribution in [0.3, 0.4) is 0 Å². The molecule has 0 atom stereocenters. The number of hydrogen-bond donors (Lipinski definition) is 3. The Hall–Kier alpha value is -1.30. The van der Waals surface area contributed by atoms with Gasteiger partial charge in [0.05, 0.1) is 5.41 Å². The van der Waals surface area contributed by atoms with Crippen LogP contribution < -0.4 is 10.6 Å². The first-order valence-electron chi connectivity index (χ1n) is 7.25. The van der Waals surface area contributed by atoms with Crippen LogP contribution in [0.4, 0.5) is 4.79 Å². The maximum atomic E-state index is 11.6. The number of carbonyl (C=O) groups excluding carboxylic acids is 1. The van der Waals surface area contributed by atoms with E-state index in [1.165, 1.54) is 12.8 Å². The van der Waals surface area contributed by atoms with Gasteiger partial charge in [0, 0.05) is 13.1 Å². The Labute approximate surface area is 120 Å². The normalized spacial score (nSPS) is 17.8. The van der Waals surface area contributed by atoms with Crippen LogP contribution in [0, 0.1) is 11.3 Å². The summed E-state index contributed by atoms with van der Waals surface area (Å²) in [4.78, 5) is 24.8. The molecule has 0 unspecified atom stereocenters. The Balaban J connectivity index is 2.13. The second-order valence-electron chi connectivity index (χ2n) is 6.33. The first-order chi connectivity index (χ1) is 9.31. The molecule has 116 valence electrons. The average molecular weight is 285 g/mol. The number of rotatable bonds is 6. The average Bonchev–Trinajstić information content (AvgIpc) is 2.39. The van der Waals surface area contributed by atoms with Crippen molar-refractivity contribution in [1.29, 1.82) is 0 Å². The highest BCUT2D eigenvalue weighted by atomic mass is 16.4. The molecule has 6 nitrogen and oxygen atoms in total. The second-order valence-corrected chi connectivity index (χ2v) is 6.33. The number of aliphatic carboxylic acids is 1. The van der Waals surface area contributed by atoms with E-state index in [9.17, 15) is 9.59 Å². The van der Waals surface area contributed by atoms with E-state index in [2.05, 4.69) is 22.6 Å². The molecule has 6 heteroatoms. The molecule has 0 bridgehead atoms. The number of hydrogen-bond acceptors (Lipinski definition) is 3. The monoisotopic (exact) mass is 285 g/mol. The quantitative estimate of drug-likeness (QED) is 0.683. The van der Waals surface area contributed by atoms with Crippen LogP contribution in [0.25, 0.3) is 0 Å². The molecule has 0 aromatic heterocycles. The smallest absolute Gasteiger partial charge is 0.314 e. The van der Waals surface area contributed by atoms with Crippen LogP contribution in [-0.2, 0) is 4.79 Å². The highest BCUT2D eigenvalue weighted by Crippen LogP contribution is 2.18. The number of urea groups is 1. The van der Waals surface area contributed by atoms with E-state index in [1.807, 2.05) is 0 Å². The summed E-state index contributed by atoms with van der Waals surface area (Å²) in [6, 6.07) is -0.285. The van der Waals surface area contributed by atoms with Crippen molar-refractivity contribution in [2.75, 3.05) is 33.2 Å². The standard InChI is InChI=1S/C14H27N3O3/c1-14(2,12(18)19)10-16-13(20)15-7-4-11-5-8-17(3)9-6-11/h11H,4-10H2,1-3H3,(H,18,19)(H2,15,16,20). The van der Waals surface area contributed by atoms with Crippen LogP contribution in [-0.4, -0.2) is 55.2 Å². The van der Waals surface area contributed by atoms with Crippen molar-refractivity contribution in [2.45, 2.75) is 33.1 Å². The van der Waals surface area contributed by atoms with Gasteiger partial charge in [0.25, 0.3) is 0 Å². The SMILES string of the molecule is CN1CCC(CCNC(=O)NCC(C)(C)C(=O)O)CC1. The van der Waals surface area contributed by atoms with Gasteiger partial charge < -0.3 is 20.6 Å². The predicted octanol–water partition coefficient (Wildman–Crippen LogP) is 1.13. The summed E-state index contributed by atoms with van der Waals surface area (Å²) in [5.41, 5.74) is -0.939. The van der Waals surface area contributed by atoms with Crippen LogP contribution in [0.5, 0.6) is 0 Å². The lowest BCUT2D eigenvalue weighted by Gasteiger charge is -2.28. The molecule has 0 saturated carbocycles. The van der Waals surface area contributed by atoms with Crippen LogP contribution >= 0.6 is 0 Å². The van der Waals surface area contributed by atoms with Crippen molar-refractivity contribution in [3.05, 3.63) is 0 Å². The molecule has 0 aromatic carbocycles. The number of nitrogens with zero attached hydrogens (tertiary/aromatic N) is 1. The fraction of sp³-hybridized carbons (Fsp3) is 0.857. The fourth-order valence-electron chi connectivity index (χ4n) is 2.18. The molecule has 2 amide bonds. The van der Waals surface area contributed by atoms with E-state index in [0.717, 1.165) is 19.5 Å². The zero-order valence-electron chi connectivity index (χ0n) is 12.7. The third-order valence-corrected chi connectivity index (χ3v) is 3.95. The Morgan fingerprint density at radius 2 is 1.85 bits per heavy atom. The number of carboxylic acid groups (broad SMARTS) is 1. The summed E-state index contributed by atoms with van der Waals surface area (Å²) in [5.74, 6) is -0.230. The number of carboxylic acids is 1. The van der Waals surface area contributed by atoms with Gasteiger partial charge in [-0.1, -0.05) is 0 Å². The second kappa shape index (κ2) is 7.47. The van der Waals surface area contributed by atoms with E-state index in [-0.39, 0.29) is 12.6 Å². The molecule has 1 aliphatic heterocycles. The molecular formula is C14H27N3O3. The number of amides is 2. The third kappa shape index (κ3) is 5.77. The molecular weight excluding hydrogens is 258 g/mol. The summed E-state index contributed by atoms with van der Waals surface area (Å²) < 4.78 is 0. The molecule has 20 heavy (non-hydrogen) atoms. The zero-order chi connectivity index (χ0) is 15.2.